The quantitative estimate of drug-likeness (QED) is 0.726. The van der Waals surface area contributed by atoms with E-state index in [9.17, 15) is 23.5 Å². The molecule has 0 fully saturated rings. The van der Waals surface area contributed by atoms with E-state index < -0.39 is 35.8 Å². The number of methoxy groups -OCH3 is 1. The Balaban J connectivity index is 0.000000251. The molecule has 3 N–H and O–H groups in total. The van der Waals surface area contributed by atoms with E-state index in [1.165, 1.54) is 43.5 Å². The third-order valence-electron chi connectivity index (χ3n) is 3.03. The number of ether oxygens (including phenoxy) is 1. The molecule has 25 heavy (non-hydrogen) atoms. The fraction of sp³-hybridized carbons (Fsp3) is 0.176. The number of halogens is 2. The summed E-state index contributed by atoms with van der Waals surface area (Å²) in [5, 5.41) is 26.6. The summed E-state index contributed by atoms with van der Waals surface area (Å²) >= 11 is 0. The molecule has 0 aromatic heterocycles. The number of benzene rings is 2. The van der Waals surface area contributed by atoms with Gasteiger partial charge in [-0.05, 0) is 35.4 Å². The number of hydrogen-bond donors (Lipinski definition) is 3. The molecular formula is C17H16F2O6. The zero-order chi connectivity index (χ0) is 19.0. The zero-order valence-electron chi connectivity index (χ0n) is 13.1. The van der Waals surface area contributed by atoms with Gasteiger partial charge >= 0.3 is 11.9 Å². The van der Waals surface area contributed by atoms with Crippen molar-refractivity contribution in [3.05, 3.63) is 71.3 Å². The van der Waals surface area contributed by atoms with Gasteiger partial charge in [0.05, 0.1) is 7.11 Å². The maximum atomic E-state index is 12.4. The van der Waals surface area contributed by atoms with Crippen LogP contribution >= 0.6 is 0 Å². The van der Waals surface area contributed by atoms with Crippen molar-refractivity contribution in [3.63, 3.8) is 0 Å². The van der Waals surface area contributed by atoms with Crippen molar-refractivity contribution in [3.8, 4) is 0 Å². The number of aliphatic carboxylic acids is 1. The molecule has 0 spiro atoms. The molecule has 8 heteroatoms. The highest BCUT2D eigenvalue weighted by Gasteiger charge is 2.17. The van der Waals surface area contributed by atoms with Gasteiger partial charge in [-0.3, -0.25) is 0 Å². The summed E-state index contributed by atoms with van der Waals surface area (Å²) in [6.07, 6.45) is -2.92. The van der Waals surface area contributed by atoms with Gasteiger partial charge in [-0.25, -0.2) is 18.4 Å². The van der Waals surface area contributed by atoms with Crippen LogP contribution in [0.25, 0.3) is 0 Å². The molecule has 0 aliphatic carbocycles. The Hall–Kier alpha value is -2.84. The van der Waals surface area contributed by atoms with E-state index in [0.29, 0.717) is 5.56 Å². The molecule has 0 saturated heterocycles. The summed E-state index contributed by atoms with van der Waals surface area (Å²) in [5.74, 6) is -2.98. The predicted molar refractivity (Wildman–Crippen MR) is 82.4 cm³/mol. The van der Waals surface area contributed by atoms with Gasteiger partial charge in [-0.2, -0.15) is 0 Å². The molecule has 0 heterocycles. The smallest absolute Gasteiger partial charge is 0.339 e. The molecule has 0 amide bonds. The highest BCUT2D eigenvalue weighted by atomic mass is 19.1. The van der Waals surface area contributed by atoms with Crippen LogP contribution in [-0.2, 0) is 14.3 Å². The summed E-state index contributed by atoms with van der Waals surface area (Å²) in [4.78, 5) is 21.1. The fourth-order valence-corrected chi connectivity index (χ4v) is 1.68. The number of esters is 1. The molecule has 134 valence electrons. The largest absolute Gasteiger partial charge is 0.479 e. The molecule has 0 aliphatic rings. The minimum Gasteiger partial charge on any atom is -0.479 e. The van der Waals surface area contributed by atoms with Crippen molar-refractivity contribution in [1.82, 2.24) is 0 Å². The molecule has 2 atom stereocenters. The van der Waals surface area contributed by atoms with Gasteiger partial charge in [0.25, 0.3) is 0 Å². The molecule has 2 rings (SSSR count). The summed E-state index contributed by atoms with van der Waals surface area (Å²) in [7, 11) is 1.18. The van der Waals surface area contributed by atoms with E-state index in [1.54, 1.807) is 0 Å². The standard InChI is InChI=1S/C9H9FO3.C8H7FO3/c1-13-9(12)8(11)6-2-4-7(10)5-3-6;9-6-3-1-5(2-4-6)7(10)8(11)12/h2-5,8,11H,1H3;1-4,7,10H,(H,11,12)/t;7-/m.1/s1. The van der Waals surface area contributed by atoms with E-state index in [2.05, 4.69) is 4.74 Å². The number of carbonyl (C=O) groups is 2. The topological polar surface area (TPSA) is 104 Å². The lowest BCUT2D eigenvalue weighted by atomic mass is 10.1. The number of carboxylic acids is 1. The SMILES string of the molecule is COC(=O)C(O)c1ccc(F)cc1.O=C(O)[C@H](O)c1ccc(F)cc1. The normalized spacial score (nSPS) is 12.4. The predicted octanol–water partition coefficient (Wildman–Crippen LogP) is 1.98. The average molecular weight is 354 g/mol. The maximum Gasteiger partial charge on any atom is 0.339 e. The second kappa shape index (κ2) is 9.45. The van der Waals surface area contributed by atoms with Crippen LogP contribution in [0.4, 0.5) is 8.78 Å². The van der Waals surface area contributed by atoms with Crippen LogP contribution in [-0.4, -0.2) is 34.4 Å². The van der Waals surface area contributed by atoms with Gasteiger partial charge in [0.2, 0.25) is 0 Å². The van der Waals surface area contributed by atoms with Crippen LogP contribution in [0.5, 0.6) is 0 Å². The van der Waals surface area contributed by atoms with Gasteiger partial charge in [0, 0.05) is 0 Å². The molecular weight excluding hydrogens is 338 g/mol. The summed E-state index contributed by atoms with van der Waals surface area (Å²) in [6.45, 7) is 0. The van der Waals surface area contributed by atoms with Crippen molar-refractivity contribution in [1.29, 1.82) is 0 Å². The first-order chi connectivity index (χ1) is 11.8. The molecule has 0 aliphatic heterocycles. The fourth-order valence-electron chi connectivity index (χ4n) is 1.68. The number of hydrogen-bond acceptors (Lipinski definition) is 5. The molecule has 0 saturated carbocycles. The molecule has 0 radical (unpaired) electrons. The van der Waals surface area contributed by atoms with Crippen molar-refractivity contribution in [2.75, 3.05) is 7.11 Å². The summed E-state index contributed by atoms with van der Waals surface area (Å²) < 4.78 is 29.1. The van der Waals surface area contributed by atoms with Crippen molar-refractivity contribution < 1.29 is 38.4 Å². The van der Waals surface area contributed by atoms with Gasteiger partial charge < -0.3 is 20.1 Å². The molecule has 2 aromatic carbocycles. The monoisotopic (exact) mass is 354 g/mol. The Kier molecular flexibility index (Phi) is 7.64. The van der Waals surface area contributed by atoms with E-state index in [0.717, 1.165) is 12.1 Å². The number of carbonyl (C=O) groups excluding carboxylic acids is 1. The maximum absolute atomic E-state index is 12.4. The zero-order valence-corrected chi connectivity index (χ0v) is 13.1. The molecule has 2 aromatic rings. The first kappa shape index (κ1) is 20.2. The van der Waals surface area contributed by atoms with Crippen LogP contribution in [0.15, 0.2) is 48.5 Å². The minimum atomic E-state index is -1.58. The minimum absolute atomic E-state index is 0.170. The second-order valence-corrected chi connectivity index (χ2v) is 4.77. The lowest BCUT2D eigenvalue weighted by Gasteiger charge is -2.07. The molecule has 1 unspecified atom stereocenters. The van der Waals surface area contributed by atoms with Crippen molar-refractivity contribution in [2.45, 2.75) is 12.2 Å². The van der Waals surface area contributed by atoms with Crippen LogP contribution in [0.1, 0.15) is 23.3 Å². The van der Waals surface area contributed by atoms with Crippen molar-refractivity contribution in [2.24, 2.45) is 0 Å². The van der Waals surface area contributed by atoms with E-state index in [-0.39, 0.29) is 5.56 Å². The summed E-state index contributed by atoms with van der Waals surface area (Å²) in [6, 6.07) is 9.65. The van der Waals surface area contributed by atoms with E-state index in [1.807, 2.05) is 0 Å². The van der Waals surface area contributed by atoms with Gasteiger partial charge in [-0.1, -0.05) is 24.3 Å². The Labute approximate surface area is 141 Å². The van der Waals surface area contributed by atoms with Crippen LogP contribution in [0.3, 0.4) is 0 Å². The van der Waals surface area contributed by atoms with Crippen LogP contribution in [0.2, 0.25) is 0 Å². The third kappa shape index (κ3) is 6.28. The lowest BCUT2D eigenvalue weighted by Crippen LogP contribution is -2.13. The Morgan fingerprint density at radius 2 is 1.20 bits per heavy atom. The van der Waals surface area contributed by atoms with Crippen molar-refractivity contribution >= 4 is 11.9 Å². The van der Waals surface area contributed by atoms with Gasteiger partial charge in [-0.15, -0.1) is 0 Å². The second-order valence-electron chi connectivity index (χ2n) is 4.77. The van der Waals surface area contributed by atoms with Crippen LogP contribution < -0.4 is 0 Å². The number of aliphatic hydroxyl groups is 2. The van der Waals surface area contributed by atoms with Gasteiger partial charge in [0.1, 0.15) is 11.6 Å². The molecule has 6 nitrogen and oxygen atoms in total. The third-order valence-corrected chi connectivity index (χ3v) is 3.03. The first-order valence-corrected chi connectivity index (χ1v) is 6.94. The average Bonchev–Trinajstić information content (AvgIpc) is 2.61. The highest BCUT2D eigenvalue weighted by Crippen LogP contribution is 2.14. The van der Waals surface area contributed by atoms with E-state index in [4.69, 9.17) is 10.2 Å². The lowest BCUT2D eigenvalue weighted by molar-refractivity contribution is -0.150. The first-order valence-electron chi connectivity index (χ1n) is 6.94. The number of rotatable bonds is 4. The number of aliphatic hydroxyl groups excluding tert-OH is 2. The van der Waals surface area contributed by atoms with Gasteiger partial charge in [0.15, 0.2) is 12.2 Å². The molecule has 0 bridgehead atoms. The Morgan fingerprint density at radius 3 is 1.52 bits per heavy atom. The Morgan fingerprint density at radius 1 is 0.840 bits per heavy atom. The van der Waals surface area contributed by atoms with Crippen LogP contribution in [0, 0.1) is 11.6 Å². The number of carboxylic acid groups (broad SMARTS) is 1. The highest BCUT2D eigenvalue weighted by molar-refractivity contribution is 5.76. The summed E-state index contributed by atoms with van der Waals surface area (Å²) in [5.41, 5.74) is 0.483. The Bertz CT molecular complexity index is 700. The van der Waals surface area contributed by atoms with E-state index >= 15 is 0 Å².